The predicted octanol–water partition coefficient (Wildman–Crippen LogP) is 2.26. The van der Waals surface area contributed by atoms with Gasteiger partial charge in [-0.25, -0.2) is 0 Å². The Morgan fingerprint density at radius 2 is 2.09 bits per heavy atom. The third-order valence-corrected chi connectivity index (χ3v) is 4.97. The maximum atomic E-state index is 12.5. The van der Waals surface area contributed by atoms with Crippen LogP contribution in [-0.2, 0) is 28.6 Å². The van der Waals surface area contributed by atoms with E-state index in [0.717, 1.165) is 11.8 Å². The monoisotopic (exact) mass is 368 g/mol. The van der Waals surface area contributed by atoms with Gasteiger partial charge in [-0.1, -0.05) is 12.2 Å². The van der Waals surface area contributed by atoms with Crippen molar-refractivity contribution < 1.29 is 26.9 Å². The van der Waals surface area contributed by atoms with E-state index in [1.54, 1.807) is 13.8 Å². The van der Waals surface area contributed by atoms with Crippen molar-refractivity contribution in [1.82, 2.24) is 0 Å². The summed E-state index contributed by atoms with van der Waals surface area (Å²) in [6.07, 6.45) is -0.140. The van der Waals surface area contributed by atoms with Crippen LogP contribution in [0.25, 0.3) is 0 Å². The second-order valence-electron chi connectivity index (χ2n) is 5.89. The minimum absolute atomic E-state index is 0.162. The van der Waals surface area contributed by atoms with E-state index < -0.39 is 27.4 Å². The number of rotatable bonds is 8. The van der Waals surface area contributed by atoms with Crippen molar-refractivity contribution in [3.63, 3.8) is 0 Å². The van der Waals surface area contributed by atoms with E-state index in [-0.39, 0.29) is 24.7 Å². The molecule has 23 heavy (non-hydrogen) atoms. The van der Waals surface area contributed by atoms with Gasteiger partial charge >= 0.3 is 0 Å². The lowest BCUT2D eigenvalue weighted by Crippen LogP contribution is -2.55. The molecule has 1 aliphatic rings. The number of halogens is 1. The molecule has 1 fully saturated rings. The SMILES string of the molecule is C=C(C)[C@H]1CC(=O)[C@](Cl)(COC(C)OCC)[C@H](OS(C)(=O)=O)C1. The van der Waals surface area contributed by atoms with E-state index in [1.807, 2.05) is 6.92 Å². The summed E-state index contributed by atoms with van der Waals surface area (Å²) in [5, 5.41) is 0. The first-order valence-corrected chi connectivity index (χ1v) is 9.68. The summed E-state index contributed by atoms with van der Waals surface area (Å²) in [6.45, 7) is 9.40. The van der Waals surface area contributed by atoms with Crippen LogP contribution in [0.15, 0.2) is 12.2 Å². The van der Waals surface area contributed by atoms with Gasteiger partial charge in [-0.05, 0) is 33.1 Å². The van der Waals surface area contributed by atoms with Crippen molar-refractivity contribution >= 4 is 27.5 Å². The number of hydrogen-bond donors (Lipinski definition) is 0. The Hall–Kier alpha value is -0.470. The lowest BCUT2D eigenvalue weighted by atomic mass is 9.76. The Bertz CT molecular complexity index is 546. The number of Topliss-reactive ketones (excluding diaryl/α,β-unsaturated/α-hetero) is 1. The van der Waals surface area contributed by atoms with E-state index >= 15 is 0 Å². The normalized spacial score (nSPS) is 30.2. The summed E-state index contributed by atoms with van der Waals surface area (Å²) in [5.41, 5.74) is 0.794. The topological polar surface area (TPSA) is 78.9 Å². The second-order valence-corrected chi connectivity index (χ2v) is 8.17. The highest BCUT2D eigenvalue weighted by molar-refractivity contribution is 7.86. The van der Waals surface area contributed by atoms with Gasteiger partial charge in [0.2, 0.25) is 0 Å². The summed E-state index contributed by atoms with van der Waals surface area (Å²) in [5.74, 6) is -0.471. The molecule has 0 aliphatic heterocycles. The van der Waals surface area contributed by atoms with Gasteiger partial charge in [-0.3, -0.25) is 8.98 Å². The number of carbonyl (C=O) groups is 1. The maximum Gasteiger partial charge on any atom is 0.264 e. The van der Waals surface area contributed by atoms with Crippen molar-refractivity contribution in [2.75, 3.05) is 19.5 Å². The van der Waals surface area contributed by atoms with Gasteiger partial charge in [-0.15, -0.1) is 11.6 Å². The third-order valence-electron chi connectivity index (χ3n) is 3.82. The number of alkyl halides is 1. The van der Waals surface area contributed by atoms with Crippen LogP contribution in [-0.4, -0.2) is 50.9 Å². The van der Waals surface area contributed by atoms with Crippen LogP contribution in [0.4, 0.5) is 0 Å². The first kappa shape index (κ1) is 20.6. The molecule has 4 atom stereocenters. The maximum absolute atomic E-state index is 12.5. The standard InChI is InChI=1S/C15H25ClO6S/c1-6-20-11(4)21-9-15(16)13(17)7-12(10(2)3)8-14(15)22-23(5,18)19/h11-12,14H,2,6-9H2,1,3-5H3/t11?,12-,14+,15+/m0/s1. The van der Waals surface area contributed by atoms with Crippen LogP contribution in [0, 0.1) is 5.92 Å². The fourth-order valence-electron chi connectivity index (χ4n) is 2.50. The molecule has 0 aromatic carbocycles. The first-order chi connectivity index (χ1) is 10.5. The zero-order valence-corrected chi connectivity index (χ0v) is 15.6. The molecule has 0 N–H and O–H groups in total. The van der Waals surface area contributed by atoms with Gasteiger partial charge in [0.15, 0.2) is 16.9 Å². The zero-order chi connectivity index (χ0) is 17.8. The molecule has 0 aromatic rings. The van der Waals surface area contributed by atoms with Crippen molar-refractivity contribution in [2.24, 2.45) is 5.92 Å². The molecule has 1 aliphatic carbocycles. The van der Waals surface area contributed by atoms with E-state index in [9.17, 15) is 13.2 Å². The molecule has 0 aromatic heterocycles. The number of ether oxygens (including phenoxy) is 2. The molecular weight excluding hydrogens is 344 g/mol. The third kappa shape index (κ3) is 5.83. The summed E-state index contributed by atoms with van der Waals surface area (Å²) < 4.78 is 38.9. The van der Waals surface area contributed by atoms with Gasteiger partial charge < -0.3 is 9.47 Å². The molecular formula is C15H25ClO6S. The van der Waals surface area contributed by atoms with Gasteiger partial charge in [0, 0.05) is 13.0 Å². The Morgan fingerprint density at radius 1 is 1.48 bits per heavy atom. The average molecular weight is 369 g/mol. The molecule has 0 heterocycles. The second kappa shape index (κ2) is 8.07. The largest absolute Gasteiger partial charge is 0.353 e. The van der Waals surface area contributed by atoms with Crippen LogP contribution in [0.5, 0.6) is 0 Å². The number of ketones is 1. The van der Waals surface area contributed by atoms with E-state index in [2.05, 4.69) is 6.58 Å². The molecule has 0 amide bonds. The summed E-state index contributed by atoms with van der Waals surface area (Å²) in [7, 11) is -3.77. The number of hydrogen-bond acceptors (Lipinski definition) is 6. The molecule has 134 valence electrons. The lowest BCUT2D eigenvalue weighted by Gasteiger charge is -2.40. The van der Waals surface area contributed by atoms with Gasteiger partial charge in [0.1, 0.15) is 6.10 Å². The van der Waals surface area contributed by atoms with Crippen molar-refractivity contribution in [2.45, 2.75) is 50.9 Å². The Balaban J connectivity index is 2.98. The Morgan fingerprint density at radius 3 is 2.57 bits per heavy atom. The fourth-order valence-corrected chi connectivity index (χ4v) is 3.49. The molecule has 1 saturated carbocycles. The van der Waals surface area contributed by atoms with Crippen molar-refractivity contribution in [1.29, 1.82) is 0 Å². The van der Waals surface area contributed by atoms with Gasteiger partial charge in [-0.2, -0.15) is 8.42 Å². The first-order valence-electron chi connectivity index (χ1n) is 7.48. The average Bonchev–Trinajstić information content (AvgIpc) is 2.40. The summed E-state index contributed by atoms with van der Waals surface area (Å²) in [4.78, 5) is 11.0. The van der Waals surface area contributed by atoms with Gasteiger partial charge in [0.05, 0.1) is 12.9 Å². The molecule has 0 bridgehead atoms. The van der Waals surface area contributed by atoms with E-state index in [0.29, 0.717) is 13.0 Å². The van der Waals surface area contributed by atoms with Crippen LogP contribution >= 0.6 is 11.6 Å². The van der Waals surface area contributed by atoms with Crippen molar-refractivity contribution in [3.8, 4) is 0 Å². The predicted molar refractivity (Wildman–Crippen MR) is 87.9 cm³/mol. The fraction of sp³-hybridized carbons (Fsp3) is 0.800. The minimum atomic E-state index is -3.77. The molecule has 6 nitrogen and oxygen atoms in total. The zero-order valence-electron chi connectivity index (χ0n) is 14.0. The highest BCUT2D eigenvalue weighted by atomic mass is 35.5. The number of allylic oxidation sites excluding steroid dienone is 1. The smallest absolute Gasteiger partial charge is 0.264 e. The van der Waals surface area contributed by atoms with Crippen LogP contribution in [0.3, 0.4) is 0 Å². The van der Waals surface area contributed by atoms with Crippen LogP contribution in [0.2, 0.25) is 0 Å². The molecule has 8 heteroatoms. The van der Waals surface area contributed by atoms with Crippen LogP contribution in [0.1, 0.15) is 33.6 Å². The van der Waals surface area contributed by atoms with E-state index in [1.165, 1.54) is 0 Å². The highest BCUT2D eigenvalue weighted by Crippen LogP contribution is 2.40. The summed E-state index contributed by atoms with van der Waals surface area (Å²) >= 11 is 6.46. The van der Waals surface area contributed by atoms with Gasteiger partial charge in [0.25, 0.3) is 10.1 Å². The molecule has 0 saturated heterocycles. The van der Waals surface area contributed by atoms with Crippen LogP contribution < -0.4 is 0 Å². The quantitative estimate of drug-likeness (QED) is 0.283. The Labute approximate surface area is 143 Å². The molecule has 0 spiro atoms. The molecule has 0 radical (unpaired) electrons. The van der Waals surface area contributed by atoms with Crippen molar-refractivity contribution in [3.05, 3.63) is 12.2 Å². The summed E-state index contributed by atoms with van der Waals surface area (Å²) in [6, 6.07) is 0. The van der Waals surface area contributed by atoms with E-state index in [4.69, 9.17) is 25.3 Å². The number of carbonyl (C=O) groups excluding carboxylic acids is 1. The molecule has 1 rings (SSSR count). The Kier molecular flexibility index (Phi) is 7.22. The highest BCUT2D eigenvalue weighted by Gasteiger charge is 2.51. The minimum Gasteiger partial charge on any atom is -0.353 e. The lowest BCUT2D eigenvalue weighted by molar-refractivity contribution is -0.151. The molecule has 1 unspecified atom stereocenters.